The molecule has 13 heavy (non-hydrogen) atoms. The SMILES string of the molecule is CC(C)(O)CC(=O)Nc1ncn[nH]1. The van der Waals surface area contributed by atoms with Crippen LogP contribution in [0.2, 0.25) is 0 Å². The van der Waals surface area contributed by atoms with Crippen LogP contribution in [0.1, 0.15) is 20.3 Å². The number of hydrogen-bond donors (Lipinski definition) is 3. The molecule has 3 N–H and O–H groups in total. The number of hydrogen-bond acceptors (Lipinski definition) is 4. The van der Waals surface area contributed by atoms with Gasteiger partial charge in [0.2, 0.25) is 11.9 Å². The van der Waals surface area contributed by atoms with Crippen LogP contribution in [-0.4, -0.2) is 31.8 Å². The molecule has 0 atom stereocenters. The monoisotopic (exact) mass is 184 g/mol. The summed E-state index contributed by atoms with van der Waals surface area (Å²) in [6, 6.07) is 0. The highest BCUT2D eigenvalue weighted by atomic mass is 16.3. The fourth-order valence-corrected chi connectivity index (χ4v) is 0.835. The standard InChI is InChI=1S/C7H12N4O2/c1-7(2,13)3-5(12)10-6-8-4-9-11-6/h4,13H,3H2,1-2H3,(H2,8,9,10,11,12). The van der Waals surface area contributed by atoms with E-state index in [1.807, 2.05) is 0 Å². The summed E-state index contributed by atoms with van der Waals surface area (Å²) < 4.78 is 0. The van der Waals surface area contributed by atoms with Gasteiger partial charge in [0, 0.05) is 0 Å². The number of carbonyl (C=O) groups excluding carboxylic acids is 1. The number of rotatable bonds is 3. The summed E-state index contributed by atoms with van der Waals surface area (Å²) >= 11 is 0. The third-order valence-electron chi connectivity index (χ3n) is 1.27. The van der Waals surface area contributed by atoms with Gasteiger partial charge in [-0.3, -0.25) is 10.1 Å². The predicted molar refractivity (Wildman–Crippen MR) is 45.9 cm³/mol. The first-order valence-electron chi connectivity index (χ1n) is 3.85. The topological polar surface area (TPSA) is 90.9 Å². The van der Waals surface area contributed by atoms with E-state index in [1.54, 1.807) is 13.8 Å². The van der Waals surface area contributed by atoms with Gasteiger partial charge in [0.25, 0.3) is 0 Å². The highest BCUT2D eigenvalue weighted by Gasteiger charge is 2.18. The Balaban J connectivity index is 2.43. The first kappa shape index (κ1) is 9.66. The van der Waals surface area contributed by atoms with E-state index in [0.29, 0.717) is 0 Å². The van der Waals surface area contributed by atoms with Gasteiger partial charge in [-0.15, -0.1) is 0 Å². The normalized spacial score (nSPS) is 11.3. The number of aromatic amines is 1. The summed E-state index contributed by atoms with van der Waals surface area (Å²) in [5, 5.41) is 17.8. The molecule has 0 aliphatic heterocycles. The maximum absolute atomic E-state index is 11.2. The molecular formula is C7H12N4O2. The molecule has 0 aromatic carbocycles. The Morgan fingerprint density at radius 1 is 1.77 bits per heavy atom. The summed E-state index contributed by atoms with van der Waals surface area (Å²) in [7, 11) is 0. The lowest BCUT2D eigenvalue weighted by Gasteiger charge is -2.15. The van der Waals surface area contributed by atoms with Gasteiger partial charge in [0.15, 0.2) is 0 Å². The van der Waals surface area contributed by atoms with Gasteiger partial charge in [0.1, 0.15) is 6.33 Å². The smallest absolute Gasteiger partial charge is 0.229 e. The molecule has 0 spiro atoms. The molecule has 6 heteroatoms. The van der Waals surface area contributed by atoms with Crippen molar-refractivity contribution < 1.29 is 9.90 Å². The van der Waals surface area contributed by atoms with Crippen molar-refractivity contribution in [3.63, 3.8) is 0 Å². The molecular weight excluding hydrogens is 172 g/mol. The third-order valence-corrected chi connectivity index (χ3v) is 1.27. The number of carbonyl (C=O) groups is 1. The van der Waals surface area contributed by atoms with Crippen molar-refractivity contribution in [2.24, 2.45) is 0 Å². The lowest BCUT2D eigenvalue weighted by molar-refractivity contribution is -0.119. The first-order chi connectivity index (χ1) is 5.97. The van der Waals surface area contributed by atoms with Crippen molar-refractivity contribution in [2.45, 2.75) is 25.9 Å². The van der Waals surface area contributed by atoms with Gasteiger partial charge < -0.3 is 5.11 Å². The fourth-order valence-electron chi connectivity index (χ4n) is 0.835. The van der Waals surface area contributed by atoms with Crippen molar-refractivity contribution in [1.82, 2.24) is 15.2 Å². The zero-order valence-corrected chi connectivity index (χ0v) is 7.53. The van der Waals surface area contributed by atoms with Crippen molar-refractivity contribution in [2.75, 3.05) is 5.32 Å². The maximum Gasteiger partial charge on any atom is 0.229 e. The van der Waals surface area contributed by atoms with E-state index in [4.69, 9.17) is 0 Å². The molecule has 0 saturated heterocycles. The van der Waals surface area contributed by atoms with Crippen LogP contribution in [0.5, 0.6) is 0 Å². The number of nitrogens with zero attached hydrogens (tertiary/aromatic N) is 2. The van der Waals surface area contributed by atoms with Crippen LogP contribution in [0.3, 0.4) is 0 Å². The minimum absolute atomic E-state index is 0.0215. The van der Waals surface area contributed by atoms with E-state index in [-0.39, 0.29) is 18.3 Å². The second-order valence-electron chi connectivity index (χ2n) is 3.37. The number of amides is 1. The molecule has 1 aromatic heterocycles. The maximum atomic E-state index is 11.2. The van der Waals surface area contributed by atoms with Crippen LogP contribution in [0.15, 0.2) is 6.33 Å². The van der Waals surface area contributed by atoms with E-state index >= 15 is 0 Å². The lowest BCUT2D eigenvalue weighted by Crippen LogP contribution is -2.27. The number of aromatic nitrogens is 3. The Morgan fingerprint density at radius 2 is 2.46 bits per heavy atom. The number of H-pyrrole nitrogens is 1. The molecule has 6 nitrogen and oxygen atoms in total. The van der Waals surface area contributed by atoms with Crippen molar-refractivity contribution in [3.8, 4) is 0 Å². The molecule has 72 valence electrons. The van der Waals surface area contributed by atoms with Crippen LogP contribution in [0, 0.1) is 0 Å². The van der Waals surface area contributed by atoms with Crippen molar-refractivity contribution in [3.05, 3.63) is 6.33 Å². The largest absolute Gasteiger partial charge is 0.390 e. The first-order valence-corrected chi connectivity index (χ1v) is 3.85. The summed E-state index contributed by atoms with van der Waals surface area (Å²) in [6.07, 6.45) is 1.31. The zero-order chi connectivity index (χ0) is 9.90. The second-order valence-corrected chi connectivity index (χ2v) is 3.37. The molecule has 0 aliphatic rings. The van der Waals surface area contributed by atoms with Gasteiger partial charge >= 0.3 is 0 Å². The lowest BCUT2D eigenvalue weighted by atomic mass is 10.1. The molecule has 0 fully saturated rings. The highest BCUT2D eigenvalue weighted by Crippen LogP contribution is 2.08. The molecule has 1 aromatic rings. The summed E-state index contributed by atoms with van der Waals surface area (Å²) in [5.41, 5.74) is -1.01. The Morgan fingerprint density at radius 3 is 2.92 bits per heavy atom. The van der Waals surface area contributed by atoms with Gasteiger partial charge in [-0.2, -0.15) is 10.1 Å². The fraction of sp³-hybridized carbons (Fsp3) is 0.571. The van der Waals surface area contributed by atoms with Gasteiger partial charge in [-0.1, -0.05) is 0 Å². The molecule has 1 heterocycles. The summed E-state index contributed by atoms with van der Waals surface area (Å²) in [4.78, 5) is 14.9. The minimum atomic E-state index is -1.01. The number of aliphatic hydroxyl groups is 1. The van der Waals surface area contributed by atoms with E-state index in [2.05, 4.69) is 20.5 Å². The van der Waals surface area contributed by atoms with E-state index < -0.39 is 5.60 Å². The summed E-state index contributed by atoms with van der Waals surface area (Å²) in [5.74, 6) is -0.0153. The molecule has 0 unspecified atom stereocenters. The van der Waals surface area contributed by atoms with Crippen LogP contribution < -0.4 is 5.32 Å². The van der Waals surface area contributed by atoms with E-state index in [0.717, 1.165) is 0 Å². The average molecular weight is 184 g/mol. The Labute approximate surface area is 75.4 Å². The van der Waals surface area contributed by atoms with Crippen molar-refractivity contribution >= 4 is 11.9 Å². The van der Waals surface area contributed by atoms with Crippen LogP contribution >= 0.6 is 0 Å². The van der Waals surface area contributed by atoms with Gasteiger partial charge in [0.05, 0.1) is 12.0 Å². The van der Waals surface area contributed by atoms with Crippen LogP contribution in [-0.2, 0) is 4.79 Å². The van der Waals surface area contributed by atoms with E-state index in [1.165, 1.54) is 6.33 Å². The van der Waals surface area contributed by atoms with Crippen molar-refractivity contribution in [1.29, 1.82) is 0 Å². The summed E-state index contributed by atoms with van der Waals surface area (Å²) in [6.45, 7) is 3.12. The Bertz CT molecular complexity index is 275. The third kappa shape index (κ3) is 3.66. The minimum Gasteiger partial charge on any atom is -0.390 e. The molecule has 0 bridgehead atoms. The average Bonchev–Trinajstić information content (AvgIpc) is 2.34. The second kappa shape index (κ2) is 3.53. The van der Waals surface area contributed by atoms with Gasteiger partial charge in [-0.25, -0.2) is 5.10 Å². The van der Waals surface area contributed by atoms with Crippen LogP contribution in [0.4, 0.5) is 5.95 Å². The Hall–Kier alpha value is -1.43. The molecule has 0 radical (unpaired) electrons. The number of nitrogens with one attached hydrogen (secondary N) is 2. The number of anilines is 1. The predicted octanol–water partition coefficient (Wildman–Crippen LogP) is -0.0958. The molecule has 0 saturated carbocycles. The molecule has 1 rings (SSSR count). The van der Waals surface area contributed by atoms with E-state index in [9.17, 15) is 9.90 Å². The Kier molecular flexibility index (Phi) is 2.62. The van der Waals surface area contributed by atoms with Gasteiger partial charge in [-0.05, 0) is 13.8 Å². The zero-order valence-electron chi connectivity index (χ0n) is 7.53. The highest BCUT2D eigenvalue weighted by molar-refractivity contribution is 5.89. The molecule has 0 aliphatic carbocycles. The quantitative estimate of drug-likeness (QED) is 0.612. The molecule has 1 amide bonds. The van der Waals surface area contributed by atoms with Crippen LogP contribution in [0.25, 0.3) is 0 Å².